The summed E-state index contributed by atoms with van der Waals surface area (Å²) < 4.78 is 40.6. The van der Waals surface area contributed by atoms with E-state index in [9.17, 15) is 22.5 Å². The maximum Gasteiger partial charge on any atom is 0.242 e. The van der Waals surface area contributed by atoms with Gasteiger partial charge in [0.15, 0.2) is 0 Å². The maximum absolute atomic E-state index is 13.1. The van der Waals surface area contributed by atoms with Crippen LogP contribution in [0.1, 0.15) is 10.4 Å². The predicted molar refractivity (Wildman–Crippen MR) is 95.6 cm³/mol. The normalized spacial score (nSPS) is 12.8. The number of sulfonamides is 1. The van der Waals surface area contributed by atoms with Gasteiger partial charge in [0.1, 0.15) is 4.90 Å². The van der Waals surface area contributed by atoms with Crippen LogP contribution < -0.4 is 9.83 Å². The Morgan fingerprint density at radius 2 is 1.62 bits per heavy atom. The highest BCUT2D eigenvalue weighted by molar-refractivity contribution is 7.91. The van der Waals surface area contributed by atoms with Crippen molar-refractivity contribution in [3.8, 4) is 0 Å². The molecule has 0 aliphatic carbocycles. The van der Waals surface area contributed by atoms with Crippen LogP contribution in [0.2, 0.25) is 0 Å². The monoisotopic (exact) mass is 388 g/mol. The summed E-state index contributed by atoms with van der Waals surface area (Å²) in [5, 5.41) is 12.4. The summed E-state index contributed by atoms with van der Waals surface area (Å²) in [6, 6.07) is 15.6. The van der Waals surface area contributed by atoms with Gasteiger partial charge in [0, 0.05) is 10.9 Å². The van der Waals surface area contributed by atoms with Crippen LogP contribution in [-0.4, -0.2) is 25.6 Å². The zero-order valence-electron chi connectivity index (χ0n) is 13.6. The summed E-state index contributed by atoms with van der Waals surface area (Å²) >= 11 is 0. The lowest BCUT2D eigenvalue weighted by molar-refractivity contribution is -0.255. The molecular weight excluding hydrogens is 374 g/mol. The van der Waals surface area contributed by atoms with E-state index in [-0.39, 0.29) is 20.2 Å². The van der Waals surface area contributed by atoms with E-state index in [1.54, 1.807) is 30.3 Å². The SMILES string of the molecule is CNS(=O)(=O)c1c([S@](=O)c2ccccc2C(=O)[O-])ccc2ccccc12. The maximum atomic E-state index is 13.1. The van der Waals surface area contributed by atoms with Gasteiger partial charge in [-0.1, -0.05) is 48.5 Å². The molecule has 0 aliphatic rings. The summed E-state index contributed by atoms with van der Waals surface area (Å²) in [5.74, 6) is -1.48. The molecule has 134 valence electrons. The fraction of sp³-hybridized carbons (Fsp3) is 0.0556. The molecule has 0 saturated carbocycles. The minimum Gasteiger partial charge on any atom is -0.545 e. The van der Waals surface area contributed by atoms with Crippen molar-refractivity contribution in [2.24, 2.45) is 0 Å². The Hall–Kier alpha value is -2.55. The van der Waals surface area contributed by atoms with Crippen LogP contribution in [0.4, 0.5) is 0 Å². The number of fused-ring (bicyclic) bond motifs is 1. The summed E-state index contributed by atoms with van der Waals surface area (Å²) in [6.45, 7) is 0. The lowest BCUT2D eigenvalue weighted by Crippen LogP contribution is -2.24. The lowest BCUT2D eigenvalue weighted by atomic mass is 10.1. The fourth-order valence-electron chi connectivity index (χ4n) is 2.66. The largest absolute Gasteiger partial charge is 0.545 e. The molecule has 0 aromatic heterocycles. The molecule has 1 N–H and O–H groups in total. The zero-order chi connectivity index (χ0) is 18.9. The predicted octanol–water partition coefficient (Wildman–Crippen LogP) is 1.28. The van der Waals surface area contributed by atoms with Crippen LogP contribution in [0.3, 0.4) is 0 Å². The molecule has 0 saturated heterocycles. The van der Waals surface area contributed by atoms with E-state index in [1.807, 2.05) is 0 Å². The first-order chi connectivity index (χ1) is 12.4. The molecule has 3 rings (SSSR count). The molecule has 8 heteroatoms. The van der Waals surface area contributed by atoms with Gasteiger partial charge in [-0.2, -0.15) is 0 Å². The fourth-order valence-corrected chi connectivity index (χ4v) is 5.49. The third-order valence-electron chi connectivity index (χ3n) is 3.89. The van der Waals surface area contributed by atoms with Gasteiger partial charge >= 0.3 is 0 Å². The standard InChI is InChI=1S/C18H15NO5S2/c1-19-26(23,24)17-13-7-3-2-6-12(13)10-11-16(17)25(22)15-9-5-4-8-14(15)18(20)21/h2-11,19H,1H3,(H,20,21)/p-1/t25-/m1/s1. The second-order valence-corrected chi connectivity index (χ2v) is 8.61. The van der Waals surface area contributed by atoms with Crippen molar-refractivity contribution in [1.82, 2.24) is 4.72 Å². The van der Waals surface area contributed by atoms with Crippen molar-refractivity contribution in [1.29, 1.82) is 0 Å². The molecule has 6 nitrogen and oxygen atoms in total. The van der Waals surface area contributed by atoms with Crippen LogP contribution in [0.25, 0.3) is 10.8 Å². The Morgan fingerprint density at radius 3 is 2.31 bits per heavy atom. The van der Waals surface area contributed by atoms with E-state index in [4.69, 9.17) is 0 Å². The highest BCUT2D eigenvalue weighted by Crippen LogP contribution is 2.32. The number of hydrogen-bond donors (Lipinski definition) is 1. The number of aromatic carboxylic acids is 1. The lowest BCUT2D eigenvalue weighted by Gasteiger charge is -2.15. The molecule has 0 heterocycles. The van der Waals surface area contributed by atoms with E-state index >= 15 is 0 Å². The highest BCUT2D eigenvalue weighted by atomic mass is 32.2. The van der Waals surface area contributed by atoms with E-state index in [0.717, 1.165) is 0 Å². The molecule has 0 radical (unpaired) electrons. The van der Waals surface area contributed by atoms with E-state index in [2.05, 4.69) is 4.72 Å². The number of carbonyl (C=O) groups is 1. The summed E-state index contributed by atoms with van der Waals surface area (Å²) in [7, 11) is -4.72. The van der Waals surface area contributed by atoms with Crippen molar-refractivity contribution in [2.45, 2.75) is 14.7 Å². The molecule has 0 fully saturated rings. The Balaban J connectivity index is 2.35. The highest BCUT2D eigenvalue weighted by Gasteiger charge is 2.25. The van der Waals surface area contributed by atoms with Crippen molar-refractivity contribution >= 4 is 37.6 Å². The van der Waals surface area contributed by atoms with Gasteiger partial charge in [-0.05, 0) is 24.6 Å². The number of benzene rings is 3. The van der Waals surface area contributed by atoms with Crippen molar-refractivity contribution < 1.29 is 22.5 Å². The Morgan fingerprint density at radius 1 is 0.962 bits per heavy atom. The number of nitrogens with one attached hydrogen (secondary N) is 1. The van der Waals surface area contributed by atoms with Crippen LogP contribution >= 0.6 is 0 Å². The topological polar surface area (TPSA) is 103 Å². The minimum absolute atomic E-state index is 0.00625. The first-order valence-electron chi connectivity index (χ1n) is 7.54. The average molecular weight is 388 g/mol. The van der Waals surface area contributed by atoms with Gasteiger partial charge in [-0.3, -0.25) is 0 Å². The molecule has 0 bridgehead atoms. The molecular formula is C18H14NO5S2-. The second-order valence-electron chi connectivity index (χ2n) is 5.37. The third kappa shape index (κ3) is 3.14. The first kappa shape index (κ1) is 18.2. The van der Waals surface area contributed by atoms with Gasteiger partial charge in [-0.25, -0.2) is 17.3 Å². The van der Waals surface area contributed by atoms with Crippen LogP contribution in [0.5, 0.6) is 0 Å². The van der Waals surface area contributed by atoms with E-state index in [1.165, 1.54) is 37.4 Å². The number of carbonyl (C=O) groups excluding carboxylic acids is 1. The smallest absolute Gasteiger partial charge is 0.242 e. The number of carboxylic acid groups (broad SMARTS) is 1. The Labute approximate surface area is 153 Å². The van der Waals surface area contributed by atoms with Crippen LogP contribution in [0.15, 0.2) is 75.4 Å². The van der Waals surface area contributed by atoms with Gasteiger partial charge in [0.2, 0.25) is 10.0 Å². The third-order valence-corrected chi connectivity index (χ3v) is 7.03. The van der Waals surface area contributed by atoms with Gasteiger partial charge < -0.3 is 9.90 Å². The molecule has 0 amide bonds. The molecule has 0 aliphatic heterocycles. The summed E-state index contributed by atoms with van der Waals surface area (Å²) in [4.78, 5) is 11.2. The molecule has 3 aromatic carbocycles. The summed E-state index contributed by atoms with van der Waals surface area (Å²) in [5.41, 5.74) is -0.244. The van der Waals surface area contributed by atoms with E-state index in [0.29, 0.717) is 10.8 Å². The quantitative estimate of drug-likeness (QED) is 0.709. The van der Waals surface area contributed by atoms with Crippen LogP contribution in [0, 0.1) is 0 Å². The number of hydrogen-bond acceptors (Lipinski definition) is 5. The van der Waals surface area contributed by atoms with Crippen molar-refractivity contribution in [2.75, 3.05) is 7.05 Å². The van der Waals surface area contributed by atoms with E-state index < -0.39 is 26.8 Å². The zero-order valence-corrected chi connectivity index (χ0v) is 15.3. The molecule has 3 aromatic rings. The molecule has 26 heavy (non-hydrogen) atoms. The Bertz CT molecular complexity index is 1140. The molecule has 0 unspecified atom stereocenters. The van der Waals surface area contributed by atoms with Crippen LogP contribution in [-0.2, 0) is 20.8 Å². The van der Waals surface area contributed by atoms with Gasteiger partial charge in [0.05, 0.1) is 26.6 Å². The number of rotatable bonds is 5. The molecule has 0 spiro atoms. The van der Waals surface area contributed by atoms with Crippen molar-refractivity contribution in [3.63, 3.8) is 0 Å². The average Bonchev–Trinajstić information content (AvgIpc) is 2.66. The first-order valence-corrected chi connectivity index (χ1v) is 10.2. The second kappa shape index (κ2) is 6.99. The minimum atomic E-state index is -3.95. The van der Waals surface area contributed by atoms with Gasteiger partial charge in [0.25, 0.3) is 0 Å². The Kier molecular flexibility index (Phi) is 4.90. The molecule has 1 atom stereocenters. The summed E-state index contributed by atoms with van der Waals surface area (Å²) in [6.07, 6.45) is 0. The number of carboxylic acids is 1. The van der Waals surface area contributed by atoms with Gasteiger partial charge in [-0.15, -0.1) is 0 Å². The van der Waals surface area contributed by atoms with Crippen molar-refractivity contribution in [3.05, 3.63) is 66.2 Å².